The van der Waals surface area contributed by atoms with Crippen molar-refractivity contribution in [3.8, 4) is 0 Å². The summed E-state index contributed by atoms with van der Waals surface area (Å²) in [4.78, 5) is 19.6. The molecule has 0 unspecified atom stereocenters. The molecule has 1 N–H and O–H groups in total. The molecule has 2 aromatic rings. The Balaban J connectivity index is 1.80. The van der Waals surface area contributed by atoms with Crippen molar-refractivity contribution in [2.24, 2.45) is 0 Å². The second-order valence-corrected chi connectivity index (χ2v) is 6.15. The fourth-order valence-corrected chi connectivity index (χ4v) is 3.74. The molecule has 1 aromatic carbocycles. The van der Waals surface area contributed by atoms with Crippen LogP contribution in [0.3, 0.4) is 0 Å². The molecule has 1 aromatic heterocycles. The highest BCUT2D eigenvalue weighted by Gasteiger charge is 2.17. The van der Waals surface area contributed by atoms with E-state index in [9.17, 15) is 9.18 Å². The normalized spacial score (nSPS) is 13.5. The van der Waals surface area contributed by atoms with Gasteiger partial charge in [0.15, 0.2) is 0 Å². The molecule has 0 bridgehead atoms. The van der Waals surface area contributed by atoms with Crippen LogP contribution in [-0.2, 0) is 17.3 Å². The van der Waals surface area contributed by atoms with E-state index in [0.717, 1.165) is 22.8 Å². The van der Waals surface area contributed by atoms with E-state index in [1.54, 1.807) is 30.0 Å². The van der Waals surface area contributed by atoms with Crippen molar-refractivity contribution in [1.82, 2.24) is 9.97 Å². The van der Waals surface area contributed by atoms with E-state index in [2.05, 4.69) is 9.97 Å². The molecule has 1 aliphatic rings. The minimum absolute atomic E-state index is 0.0564. The molecule has 0 saturated heterocycles. The van der Waals surface area contributed by atoms with Crippen LogP contribution in [0.25, 0.3) is 0 Å². The zero-order valence-electron chi connectivity index (χ0n) is 9.98. The molecule has 0 atom stereocenters. The Hall–Kier alpha value is -1.27. The van der Waals surface area contributed by atoms with E-state index in [1.807, 2.05) is 0 Å². The number of benzene rings is 1. The van der Waals surface area contributed by atoms with Gasteiger partial charge in [0, 0.05) is 22.0 Å². The largest absolute Gasteiger partial charge is 0.310 e. The lowest BCUT2D eigenvalue weighted by Gasteiger charge is -2.04. The molecule has 0 aliphatic carbocycles. The number of aromatic amines is 1. The van der Waals surface area contributed by atoms with E-state index in [-0.39, 0.29) is 11.4 Å². The van der Waals surface area contributed by atoms with Crippen LogP contribution in [0.5, 0.6) is 0 Å². The summed E-state index contributed by atoms with van der Waals surface area (Å²) in [7, 11) is 0. The molecule has 6 heteroatoms. The summed E-state index contributed by atoms with van der Waals surface area (Å²) in [6, 6.07) is 6.60. The van der Waals surface area contributed by atoms with Crippen molar-refractivity contribution in [2.75, 3.05) is 0 Å². The van der Waals surface area contributed by atoms with Gasteiger partial charge in [0.05, 0.1) is 11.4 Å². The lowest BCUT2D eigenvalue weighted by molar-refractivity contribution is 0.602. The maximum Gasteiger partial charge on any atom is 0.255 e. The zero-order valence-corrected chi connectivity index (χ0v) is 11.6. The van der Waals surface area contributed by atoms with E-state index in [1.165, 1.54) is 17.8 Å². The van der Waals surface area contributed by atoms with Gasteiger partial charge in [-0.15, -0.1) is 11.8 Å². The number of rotatable bonds is 3. The number of H-pyrrole nitrogens is 1. The molecule has 0 spiro atoms. The summed E-state index contributed by atoms with van der Waals surface area (Å²) in [5, 5.41) is 0. The Kier molecular flexibility index (Phi) is 3.61. The minimum atomic E-state index is -0.244. The Morgan fingerprint density at radius 2 is 2.21 bits per heavy atom. The third-order valence-corrected chi connectivity index (χ3v) is 4.87. The SMILES string of the molecule is O=c1[nH]c(CSc2ccccc2F)nc2c1CSC2. The van der Waals surface area contributed by atoms with Gasteiger partial charge in [-0.1, -0.05) is 12.1 Å². The number of thioether (sulfide) groups is 2. The number of hydrogen-bond acceptors (Lipinski definition) is 4. The van der Waals surface area contributed by atoms with Gasteiger partial charge in [0.25, 0.3) is 5.56 Å². The minimum Gasteiger partial charge on any atom is -0.310 e. The molecule has 0 fully saturated rings. The highest BCUT2D eigenvalue weighted by Crippen LogP contribution is 2.27. The van der Waals surface area contributed by atoms with Crippen molar-refractivity contribution in [1.29, 1.82) is 0 Å². The summed E-state index contributed by atoms with van der Waals surface area (Å²) in [6.45, 7) is 0. The molecular weight excluding hydrogens is 283 g/mol. The zero-order chi connectivity index (χ0) is 13.2. The Labute approximate surface area is 118 Å². The van der Waals surface area contributed by atoms with Gasteiger partial charge in [-0.3, -0.25) is 4.79 Å². The van der Waals surface area contributed by atoms with Crippen LogP contribution in [0.4, 0.5) is 4.39 Å². The summed E-state index contributed by atoms with van der Waals surface area (Å²) < 4.78 is 13.5. The third-order valence-electron chi connectivity index (χ3n) is 2.84. The molecule has 3 nitrogen and oxygen atoms in total. The fraction of sp³-hybridized carbons (Fsp3) is 0.231. The average molecular weight is 294 g/mol. The van der Waals surface area contributed by atoms with Crippen molar-refractivity contribution < 1.29 is 4.39 Å². The first-order valence-corrected chi connectivity index (χ1v) is 7.94. The molecule has 0 saturated carbocycles. The van der Waals surface area contributed by atoms with Crippen LogP contribution < -0.4 is 5.56 Å². The highest BCUT2D eigenvalue weighted by atomic mass is 32.2. The quantitative estimate of drug-likeness (QED) is 0.884. The van der Waals surface area contributed by atoms with Gasteiger partial charge in [-0.2, -0.15) is 11.8 Å². The number of fused-ring (bicyclic) bond motifs is 1. The fourth-order valence-electron chi connectivity index (χ4n) is 1.89. The van der Waals surface area contributed by atoms with Gasteiger partial charge in [0.2, 0.25) is 0 Å². The van der Waals surface area contributed by atoms with Crippen LogP contribution in [0.2, 0.25) is 0 Å². The van der Waals surface area contributed by atoms with Gasteiger partial charge >= 0.3 is 0 Å². The molecule has 0 radical (unpaired) electrons. The predicted molar refractivity (Wildman–Crippen MR) is 75.8 cm³/mol. The van der Waals surface area contributed by atoms with E-state index in [0.29, 0.717) is 16.5 Å². The molecule has 2 heterocycles. The Bertz CT molecular complexity index is 672. The molecule has 98 valence electrons. The average Bonchev–Trinajstić information content (AvgIpc) is 2.87. The van der Waals surface area contributed by atoms with Crippen LogP contribution in [-0.4, -0.2) is 9.97 Å². The van der Waals surface area contributed by atoms with Crippen LogP contribution >= 0.6 is 23.5 Å². The van der Waals surface area contributed by atoms with E-state index >= 15 is 0 Å². The lowest BCUT2D eigenvalue weighted by atomic mass is 10.3. The van der Waals surface area contributed by atoms with Gasteiger partial charge in [-0.05, 0) is 12.1 Å². The molecule has 19 heavy (non-hydrogen) atoms. The smallest absolute Gasteiger partial charge is 0.255 e. The molecule has 3 rings (SSSR count). The second-order valence-electron chi connectivity index (χ2n) is 4.15. The van der Waals surface area contributed by atoms with Crippen LogP contribution in [0, 0.1) is 5.82 Å². The number of halogens is 1. The van der Waals surface area contributed by atoms with Crippen molar-refractivity contribution in [2.45, 2.75) is 22.2 Å². The monoisotopic (exact) mass is 294 g/mol. The first kappa shape index (κ1) is 12.7. The van der Waals surface area contributed by atoms with E-state index < -0.39 is 0 Å². The maximum absolute atomic E-state index is 13.5. The highest BCUT2D eigenvalue weighted by molar-refractivity contribution is 7.98. The summed E-state index contributed by atoms with van der Waals surface area (Å²) in [5.41, 5.74) is 1.60. The number of hydrogen-bond donors (Lipinski definition) is 1. The molecule has 1 aliphatic heterocycles. The van der Waals surface area contributed by atoms with Crippen LogP contribution in [0.1, 0.15) is 17.1 Å². The first-order valence-electron chi connectivity index (χ1n) is 5.80. The Morgan fingerprint density at radius 1 is 1.37 bits per heavy atom. The Morgan fingerprint density at radius 3 is 3.05 bits per heavy atom. The second kappa shape index (κ2) is 5.38. The first-order chi connectivity index (χ1) is 9.24. The van der Waals surface area contributed by atoms with Gasteiger partial charge < -0.3 is 4.98 Å². The predicted octanol–water partition coefficient (Wildman–Crippen LogP) is 2.95. The molecule has 0 amide bonds. The number of aromatic nitrogens is 2. The third kappa shape index (κ3) is 2.69. The van der Waals surface area contributed by atoms with Crippen molar-refractivity contribution in [3.05, 3.63) is 57.5 Å². The summed E-state index contributed by atoms with van der Waals surface area (Å²) in [6.07, 6.45) is 0. The van der Waals surface area contributed by atoms with Gasteiger partial charge in [-0.25, -0.2) is 9.37 Å². The molecular formula is C13H11FN2OS2. The van der Waals surface area contributed by atoms with E-state index in [4.69, 9.17) is 0 Å². The number of nitrogens with one attached hydrogen (secondary N) is 1. The standard InChI is InChI=1S/C13H11FN2OS2/c14-9-3-1-2-4-11(9)19-7-12-15-10-6-18-5-8(10)13(17)16-12/h1-4H,5-7H2,(H,15,16,17). The summed E-state index contributed by atoms with van der Waals surface area (Å²) >= 11 is 3.03. The van der Waals surface area contributed by atoms with Gasteiger partial charge in [0.1, 0.15) is 11.6 Å². The maximum atomic E-state index is 13.5. The lowest BCUT2D eigenvalue weighted by Crippen LogP contribution is -2.16. The topological polar surface area (TPSA) is 45.8 Å². The van der Waals surface area contributed by atoms with Crippen LogP contribution in [0.15, 0.2) is 34.0 Å². The number of nitrogens with zero attached hydrogens (tertiary/aromatic N) is 1. The summed E-state index contributed by atoms with van der Waals surface area (Å²) in [5.74, 6) is 2.36. The van der Waals surface area contributed by atoms with Crippen molar-refractivity contribution in [3.63, 3.8) is 0 Å². The van der Waals surface area contributed by atoms with Crippen molar-refractivity contribution >= 4 is 23.5 Å².